The molecule has 1 aliphatic heterocycles. The topological polar surface area (TPSA) is 132 Å². The Bertz CT molecular complexity index is 546. The Hall–Kier alpha value is -1.23. The maximum Gasteiger partial charge on any atom is 0.217 e. The summed E-state index contributed by atoms with van der Waals surface area (Å²) < 4.78 is 5.59. The molecule has 5 atom stereocenters. The van der Waals surface area contributed by atoms with E-state index >= 15 is 0 Å². The molecule has 2 heterocycles. The van der Waals surface area contributed by atoms with E-state index in [1.165, 1.54) is 13.1 Å². The highest BCUT2D eigenvalue weighted by Gasteiger charge is 2.45. The Kier molecular flexibility index (Phi) is 6.33. The van der Waals surface area contributed by atoms with Crippen molar-refractivity contribution in [2.45, 2.75) is 48.3 Å². The Labute approximate surface area is 137 Å². The first kappa shape index (κ1) is 18.1. The lowest BCUT2D eigenvalue weighted by Gasteiger charge is -2.42. The van der Waals surface area contributed by atoms with Crippen molar-refractivity contribution in [1.82, 2.24) is 10.3 Å². The number of rotatable bonds is 5. The highest BCUT2D eigenvalue weighted by molar-refractivity contribution is 7.99. The first-order valence-electron chi connectivity index (χ1n) is 7.08. The van der Waals surface area contributed by atoms with Gasteiger partial charge in [0.15, 0.2) is 0 Å². The number of thioether (sulfide) groups is 1. The van der Waals surface area contributed by atoms with Gasteiger partial charge < -0.3 is 30.5 Å². The lowest BCUT2D eigenvalue weighted by Crippen LogP contribution is -2.63. The molecule has 1 aromatic rings. The molecule has 1 saturated heterocycles. The third-order valence-electron chi connectivity index (χ3n) is 3.47. The molecular weight excluding hydrogens is 324 g/mol. The van der Waals surface area contributed by atoms with E-state index in [1.807, 2.05) is 0 Å². The van der Waals surface area contributed by atoms with Crippen LogP contribution in [-0.2, 0) is 16.1 Å². The Balaban J connectivity index is 2.21. The van der Waals surface area contributed by atoms with Gasteiger partial charge >= 0.3 is 0 Å². The highest BCUT2D eigenvalue weighted by Crippen LogP contribution is 2.32. The van der Waals surface area contributed by atoms with Crippen LogP contribution in [0.25, 0.3) is 0 Å². The first-order valence-corrected chi connectivity index (χ1v) is 7.96. The van der Waals surface area contributed by atoms with E-state index in [1.54, 1.807) is 12.1 Å². The molecule has 1 aliphatic rings. The van der Waals surface area contributed by atoms with E-state index in [0.29, 0.717) is 10.6 Å². The van der Waals surface area contributed by atoms with Crippen molar-refractivity contribution in [3.05, 3.63) is 23.9 Å². The fourth-order valence-electron chi connectivity index (χ4n) is 2.30. The van der Waals surface area contributed by atoms with Crippen molar-refractivity contribution in [1.29, 1.82) is 0 Å². The predicted molar refractivity (Wildman–Crippen MR) is 81.4 cm³/mol. The fourth-order valence-corrected chi connectivity index (χ4v) is 3.46. The average Bonchev–Trinajstić information content (AvgIpc) is 2.54. The summed E-state index contributed by atoms with van der Waals surface area (Å²) in [4.78, 5) is 15.5. The van der Waals surface area contributed by atoms with E-state index in [9.17, 15) is 20.1 Å². The number of carbonyl (C=O) groups is 1. The third-order valence-corrected chi connectivity index (χ3v) is 4.57. The maximum atomic E-state index is 11.3. The van der Waals surface area contributed by atoms with Crippen LogP contribution in [0, 0.1) is 0 Å². The van der Waals surface area contributed by atoms with E-state index < -0.39 is 36.4 Å². The van der Waals surface area contributed by atoms with Gasteiger partial charge in [0.2, 0.25) is 5.91 Å². The summed E-state index contributed by atoms with van der Waals surface area (Å²) in [5.41, 5.74) is -0.0930. The molecule has 128 valence electrons. The molecule has 9 heteroatoms. The number of aliphatic hydroxyl groups is 4. The lowest BCUT2D eigenvalue weighted by molar-refractivity contribution is -0.173. The molecular formula is C14H20N2O6S. The van der Waals surface area contributed by atoms with Crippen molar-refractivity contribution in [3.63, 3.8) is 0 Å². The average molecular weight is 344 g/mol. The number of carbonyl (C=O) groups excluding carboxylic acids is 1. The van der Waals surface area contributed by atoms with Gasteiger partial charge in [0.1, 0.15) is 23.7 Å². The lowest BCUT2D eigenvalue weighted by atomic mass is 9.98. The standard InChI is InChI=1S/C14H20N2O6S/c1-7(19)16-11-13(21)12(20)9(6-18)22-14(11)23-10-4-8(5-17)2-3-15-10/h2-4,9,11-14,17-18,20-21H,5-6H2,1H3,(H,16,19)/t9-,11-,12-,13-,14+/m1/s1. The van der Waals surface area contributed by atoms with Crippen molar-refractivity contribution < 1.29 is 30.0 Å². The minimum Gasteiger partial charge on any atom is -0.394 e. The summed E-state index contributed by atoms with van der Waals surface area (Å²) in [5, 5.41) is 41.7. The van der Waals surface area contributed by atoms with Crippen LogP contribution in [0.1, 0.15) is 12.5 Å². The van der Waals surface area contributed by atoms with Gasteiger partial charge in [-0.3, -0.25) is 4.79 Å². The van der Waals surface area contributed by atoms with Gasteiger partial charge in [0, 0.05) is 13.1 Å². The molecule has 0 aromatic carbocycles. The van der Waals surface area contributed by atoms with Crippen LogP contribution in [0.2, 0.25) is 0 Å². The molecule has 2 rings (SSSR count). The van der Waals surface area contributed by atoms with Crippen LogP contribution in [0.5, 0.6) is 0 Å². The van der Waals surface area contributed by atoms with Crippen molar-refractivity contribution >= 4 is 17.7 Å². The fraction of sp³-hybridized carbons (Fsp3) is 0.571. The zero-order valence-electron chi connectivity index (χ0n) is 12.5. The molecule has 1 aromatic heterocycles. The summed E-state index contributed by atoms with van der Waals surface area (Å²) in [5.74, 6) is -0.380. The van der Waals surface area contributed by atoms with E-state index in [2.05, 4.69) is 10.3 Å². The number of amides is 1. The van der Waals surface area contributed by atoms with Gasteiger partial charge in [-0.25, -0.2) is 4.98 Å². The number of nitrogens with zero attached hydrogens (tertiary/aromatic N) is 1. The van der Waals surface area contributed by atoms with Crippen molar-refractivity contribution in [3.8, 4) is 0 Å². The van der Waals surface area contributed by atoms with Gasteiger partial charge in [-0.05, 0) is 17.7 Å². The maximum absolute atomic E-state index is 11.3. The van der Waals surface area contributed by atoms with Crippen LogP contribution in [0.3, 0.4) is 0 Å². The molecule has 0 bridgehead atoms. The number of hydrogen-bond donors (Lipinski definition) is 5. The van der Waals surface area contributed by atoms with Crippen LogP contribution >= 0.6 is 11.8 Å². The number of ether oxygens (including phenoxy) is 1. The zero-order valence-corrected chi connectivity index (χ0v) is 13.3. The van der Waals surface area contributed by atoms with Crippen LogP contribution in [0.15, 0.2) is 23.4 Å². The van der Waals surface area contributed by atoms with E-state index in [4.69, 9.17) is 9.84 Å². The molecule has 8 nitrogen and oxygen atoms in total. The summed E-state index contributed by atoms with van der Waals surface area (Å²) in [6.07, 6.45) is -2.04. The number of hydrogen-bond acceptors (Lipinski definition) is 8. The molecule has 0 aliphatic carbocycles. The quantitative estimate of drug-likeness (QED) is 0.441. The molecule has 0 spiro atoms. The molecule has 0 radical (unpaired) electrons. The Morgan fingerprint density at radius 2 is 2.13 bits per heavy atom. The van der Waals surface area contributed by atoms with E-state index in [0.717, 1.165) is 11.8 Å². The molecule has 0 unspecified atom stereocenters. The Morgan fingerprint density at radius 1 is 1.39 bits per heavy atom. The monoisotopic (exact) mass is 344 g/mol. The molecule has 0 saturated carbocycles. The minimum atomic E-state index is -1.31. The molecule has 1 amide bonds. The van der Waals surface area contributed by atoms with Crippen molar-refractivity contribution in [2.24, 2.45) is 0 Å². The molecule has 23 heavy (non-hydrogen) atoms. The van der Waals surface area contributed by atoms with Gasteiger partial charge in [-0.1, -0.05) is 11.8 Å². The number of nitrogens with one attached hydrogen (secondary N) is 1. The van der Waals surface area contributed by atoms with Gasteiger partial charge in [0.25, 0.3) is 0 Å². The SMILES string of the molecule is CC(=O)N[C@@H]1[C@@H](O)[C@H](O)[C@@H](CO)O[C@H]1Sc1cc(CO)ccn1. The smallest absolute Gasteiger partial charge is 0.217 e. The largest absolute Gasteiger partial charge is 0.394 e. The van der Waals surface area contributed by atoms with E-state index in [-0.39, 0.29) is 12.5 Å². The summed E-state index contributed by atoms with van der Waals surface area (Å²) in [6, 6.07) is 2.45. The summed E-state index contributed by atoms with van der Waals surface area (Å²) in [7, 11) is 0. The van der Waals surface area contributed by atoms with Crippen LogP contribution < -0.4 is 5.32 Å². The Morgan fingerprint density at radius 3 is 2.74 bits per heavy atom. The minimum absolute atomic E-state index is 0.142. The number of aromatic nitrogens is 1. The second-order valence-corrected chi connectivity index (χ2v) is 6.33. The number of aliphatic hydroxyl groups excluding tert-OH is 4. The number of pyridine rings is 1. The van der Waals surface area contributed by atoms with Crippen LogP contribution in [-0.4, -0.2) is 67.7 Å². The third kappa shape index (κ3) is 4.40. The predicted octanol–water partition coefficient (Wildman–Crippen LogP) is -1.39. The van der Waals surface area contributed by atoms with Gasteiger partial charge in [-0.2, -0.15) is 0 Å². The molecule has 5 N–H and O–H groups in total. The second kappa shape index (κ2) is 8.04. The van der Waals surface area contributed by atoms with Gasteiger partial charge in [0.05, 0.1) is 24.3 Å². The highest BCUT2D eigenvalue weighted by atomic mass is 32.2. The van der Waals surface area contributed by atoms with Crippen molar-refractivity contribution in [2.75, 3.05) is 6.61 Å². The van der Waals surface area contributed by atoms with Crippen LogP contribution in [0.4, 0.5) is 0 Å². The summed E-state index contributed by atoms with van der Waals surface area (Å²) in [6.45, 7) is 0.688. The second-order valence-electron chi connectivity index (χ2n) is 5.21. The van der Waals surface area contributed by atoms with Gasteiger partial charge in [-0.15, -0.1) is 0 Å². The zero-order chi connectivity index (χ0) is 17.0. The first-order chi connectivity index (χ1) is 11.0. The summed E-state index contributed by atoms with van der Waals surface area (Å²) >= 11 is 1.13. The molecule has 1 fully saturated rings. The normalized spacial score (nSPS) is 30.9.